The van der Waals surface area contributed by atoms with E-state index in [1.807, 2.05) is 11.6 Å². The Labute approximate surface area is 172 Å². The highest BCUT2D eigenvalue weighted by molar-refractivity contribution is 14.0. The van der Waals surface area contributed by atoms with Crippen molar-refractivity contribution >= 4 is 46.4 Å². The van der Waals surface area contributed by atoms with Crippen LogP contribution in [0.1, 0.15) is 20.3 Å². The van der Waals surface area contributed by atoms with Gasteiger partial charge in [-0.2, -0.15) is 0 Å². The molecule has 2 N–H and O–H groups in total. The van der Waals surface area contributed by atoms with Crippen molar-refractivity contribution in [1.82, 2.24) is 14.8 Å². The minimum absolute atomic E-state index is 0. The van der Waals surface area contributed by atoms with Crippen LogP contribution in [0.3, 0.4) is 0 Å². The summed E-state index contributed by atoms with van der Waals surface area (Å²) in [5, 5.41) is 3.14. The summed E-state index contributed by atoms with van der Waals surface area (Å²) in [4.78, 5) is 16.2. The average molecular weight is 478 g/mol. The second-order valence-corrected chi connectivity index (χ2v) is 8.17. The Balaban J connectivity index is 0.00000225. The molecule has 2 aliphatic heterocycles. The van der Waals surface area contributed by atoms with Crippen LogP contribution in [0.5, 0.6) is 0 Å². The van der Waals surface area contributed by atoms with Crippen molar-refractivity contribution in [3.63, 3.8) is 0 Å². The minimum atomic E-state index is 0. The molecule has 25 heavy (non-hydrogen) atoms. The largest absolute Gasteiger partial charge is 0.370 e. The van der Waals surface area contributed by atoms with Crippen molar-refractivity contribution in [3.8, 4) is 0 Å². The van der Waals surface area contributed by atoms with Gasteiger partial charge in [-0.15, -0.1) is 35.3 Å². The molecule has 0 radical (unpaired) electrons. The molecule has 0 bridgehead atoms. The number of hydrogen-bond donors (Lipinski definition) is 1. The molecule has 0 spiro atoms. The predicted octanol–water partition coefficient (Wildman–Crippen LogP) is 2.18. The van der Waals surface area contributed by atoms with Gasteiger partial charge >= 0.3 is 0 Å². The van der Waals surface area contributed by atoms with Gasteiger partial charge in [-0.1, -0.05) is 13.8 Å². The van der Waals surface area contributed by atoms with E-state index in [-0.39, 0.29) is 24.0 Å². The zero-order valence-electron chi connectivity index (χ0n) is 15.3. The van der Waals surface area contributed by atoms with E-state index < -0.39 is 0 Å². The first-order valence-electron chi connectivity index (χ1n) is 9.03. The first-order chi connectivity index (χ1) is 11.6. The number of aliphatic imine (C=N–C) groups is 1. The molecule has 8 heteroatoms. The van der Waals surface area contributed by atoms with Gasteiger partial charge in [-0.25, -0.2) is 4.98 Å². The molecule has 2 aliphatic rings. The third-order valence-electron chi connectivity index (χ3n) is 4.80. The molecule has 1 aromatic heterocycles. The summed E-state index contributed by atoms with van der Waals surface area (Å²) in [7, 11) is 0. The highest BCUT2D eigenvalue weighted by Gasteiger charge is 2.23. The van der Waals surface area contributed by atoms with Crippen LogP contribution in [-0.4, -0.2) is 73.1 Å². The molecule has 0 aromatic carbocycles. The van der Waals surface area contributed by atoms with E-state index in [2.05, 4.69) is 33.5 Å². The van der Waals surface area contributed by atoms with Crippen LogP contribution in [0.2, 0.25) is 0 Å². The first kappa shape index (κ1) is 20.7. The molecule has 1 atom stereocenters. The van der Waals surface area contributed by atoms with Gasteiger partial charge in [0.1, 0.15) is 0 Å². The average Bonchev–Trinajstić information content (AvgIpc) is 3.24. The number of anilines is 1. The maximum atomic E-state index is 6.24. The molecule has 2 saturated heterocycles. The molecule has 3 rings (SSSR count). The molecule has 1 unspecified atom stereocenters. The Morgan fingerprint density at radius 3 is 2.72 bits per heavy atom. The van der Waals surface area contributed by atoms with Crippen LogP contribution in [0.4, 0.5) is 5.13 Å². The lowest BCUT2D eigenvalue weighted by molar-refractivity contribution is 0.288. The number of piperazine rings is 1. The van der Waals surface area contributed by atoms with Crippen LogP contribution >= 0.6 is 35.3 Å². The summed E-state index contributed by atoms with van der Waals surface area (Å²) in [5.74, 6) is 2.13. The molecular weight excluding hydrogens is 447 g/mol. The third-order valence-corrected chi connectivity index (χ3v) is 5.63. The number of rotatable bonds is 5. The van der Waals surface area contributed by atoms with Gasteiger partial charge < -0.3 is 20.4 Å². The summed E-state index contributed by atoms with van der Waals surface area (Å²) in [6.07, 6.45) is 3.12. The summed E-state index contributed by atoms with van der Waals surface area (Å²) in [6, 6.07) is 0. The standard InChI is InChI=1S/C17H30N6S.HI/c1-14(2)12-21-5-3-15(13-21)11-20-16(18)22-6-8-23(9-7-22)17-19-4-10-24-17;/h4,10,14-15H,3,5-9,11-13H2,1-2H3,(H2,18,20);1H. The summed E-state index contributed by atoms with van der Waals surface area (Å²) < 4.78 is 0. The van der Waals surface area contributed by atoms with Crippen LogP contribution in [-0.2, 0) is 0 Å². The molecule has 0 amide bonds. The molecule has 2 fully saturated rings. The Morgan fingerprint density at radius 1 is 1.32 bits per heavy atom. The van der Waals surface area contributed by atoms with Crippen molar-refractivity contribution in [3.05, 3.63) is 11.6 Å². The Kier molecular flexibility index (Phi) is 8.21. The van der Waals surface area contributed by atoms with E-state index >= 15 is 0 Å². The lowest BCUT2D eigenvalue weighted by atomic mass is 10.1. The first-order valence-corrected chi connectivity index (χ1v) is 9.91. The maximum absolute atomic E-state index is 6.24. The van der Waals surface area contributed by atoms with Crippen molar-refractivity contribution < 1.29 is 0 Å². The van der Waals surface area contributed by atoms with E-state index in [4.69, 9.17) is 10.7 Å². The third kappa shape index (κ3) is 5.96. The SMILES string of the molecule is CC(C)CN1CCC(CN=C(N)N2CCN(c3nccs3)CC2)C1.I. The van der Waals surface area contributed by atoms with E-state index in [0.717, 1.165) is 49.7 Å². The van der Waals surface area contributed by atoms with Gasteiger partial charge in [0.05, 0.1) is 0 Å². The summed E-state index contributed by atoms with van der Waals surface area (Å²) in [5.41, 5.74) is 6.24. The van der Waals surface area contributed by atoms with Crippen molar-refractivity contribution in [2.24, 2.45) is 22.6 Å². The van der Waals surface area contributed by atoms with E-state index in [1.54, 1.807) is 11.3 Å². The van der Waals surface area contributed by atoms with Gasteiger partial charge in [0.25, 0.3) is 0 Å². The van der Waals surface area contributed by atoms with Crippen LogP contribution in [0, 0.1) is 11.8 Å². The van der Waals surface area contributed by atoms with Crippen molar-refractivity contribution in [2.75, 3.05) is 57.3 Å². The highest BCUT2D eigenvalue weighted by atomic mass is 127. The van der Waals surface area contributed by atoms with Crippen molar-refractivity contribution in [2.45, 2.75) is 20.3 Å². The Hall–Kier alpha value is -0.610. The van der Waals surface area contributed by atoms with Gasteiger partial charge in [-0.05, 0) is 24.8 Å². The second-order valence-electron chi connectivity index (χ2n) is 7.30. The van der Waals surface area contributed by atoms with Crippen molar-refractivity contribution in [1.29, 1.82) is 0 Å². The number of thiazole rings is 1. The minimum Gasteiger partial charge on any atom is -0.370 e. The lowest BCUT2D eigenvalue weighted by Gasteiger charge is -2.35. The van der Waals surface area contributed by atoms with Crippen LogP contribution in [0.25, 0.3) is 0 Å². The summed E-state index contributed by atoms with van der Waals surface area (Å²) >= 11 is 1.70. The lowest BCUT2D eigenvalue weighted by Crippen LogP contribution is -2.51. The molecule has 3 heterocycles. The number of hydrogen-bond acceptors (Lipinski definition) is 5. The van der Waals surface area contributed by atoms with Crippen LogP contribution in [0.15, 0.2) is 16.6 Å². The second kappa shape index (κ2) is 9.91. The molecule has 1 aromatic rings. The number of likely N-dealkylation sites (tertiary alicyclic amines) is 1. The zero-order valence-corrected chi connectivity index (χ0v) is 18.5. The monoisotopic (exact) mass is 478 g/mol. The quantitative estimate of drug-likeness (QED) is 0.400. The zero-order chi connectivity index (χ0) is 16.9. The smallest absolute Gasteiger partial charge is 0.191 e. The van der Waals surface area contributed by atoms with Gasteiger partial charge in [0, 0.05) is 57.4 Å². The van der Waals surface area contributed by atoms with Crippen LogP contribution < -0.4 is 10.6 Å². The fraction of sp³-hybridized carbons (Fsp3) is 0.765. The summed E-state index contributed by atoms with van der Waals surface area (Å²) in [6.45, 7) is 12.8. The number of halogens is 1. The van der Waals surface area contributed by atoms with E-state index in [1.165, 1.54) is 26.1 Å². The number of nitrogens with zero attached hydrogens (tertiary/aromatic N) is 5. The molecule has 6 nitrogen and oxygen atoms in total. The van der Waals surface area contributed by atoms with Gasteiger partial charge in [-0.3, -0.25) is 4.99 Å². The number of aromatic nitrogens is 1. The molecule has 0 saturated carbocycles. The normalized spacial score (nSPS) is 22.5. The Bertz CT molecular complexity index is 527. The highest BCUT2D eigenvalue weighted by Crippen LogP contribution is 2.19. The van der Waals surface area contributed by atoms with Gasteiger partial charge in [0.15, 0.2) is 11.1 Å². The molecular formula is C17H31IN6S. The van der Waals surface area contributed by atoms with Gasteiger partial charge in [0.2, 0.25) is 0 Å². The van der Waals surface area contributed by atoms with E-state index in [9.17, 15) is 0 Å². The topological polar surface area (TPSA) is 61.0 Å². The fourth-order valence-corrected chi connectivity index (χ4v) is 4.26. The number of nitrogens with two attached hydrogens (primary N) is 1. The molecule has 142 valence electrons. The molecule has 0 aliphatic carbocycles. The Morgan fingerprint density at radius 2 is 2.08 bits per heavy atom. The predicted molar refractivity (Wildman–Crippen MR) is 117 cm³/mol. The number of guanidine groups is 1. The maximum Gasteiger partial charge on any atom is 0.191 e. The van der Waals surface area contributed by atoms with E-state index in [0.29, 0.717) is 5.92 Å². The fourth-order valence-electron chi connectivity index (χ4n) is 3.57.